The van der Waals surface area contributed by atoms with Crippen LogP contribution in [0, 0.1) is 0 Å². The monoisotopic (exact) mass is 491 g/mol. The van der Waals surface area contributed by atoms with Gasteiger partial charge in [-0.1, -0.05) is 67.6 Å². The van der Waals surface area contributed by atoms with Crippen molar-refractivity contribution in [1.82, 2.24) is 5.32 Å². The average molecular weight is 492 g/mol. The van der Waals surface area contributed by atoms with Gasteiger partial charge in [-0.05, 0) is 77.2 Å². The molecule has 1 atom stereocenters. The third-order valence-electron chi connectivity index (χ3n) is 5.91. The van der Waals surface area contributed by atoms with Crippen LogP contribution in [0.1, 0.15) is 40.9 Å². The van der Waals surface area contributed by atoms with Gasteiger partial charge in [-0.15, -0.1) is 0 Å². The van der Waals surface area contributed by atoms with E-state index in [-0.39, 0.29) is 11.9 Å². The Morgan fingerprint density at radius 3 is 2.11 bits per heavy atom. The molecule has 0 spiro atoms. The predicted molar refractivity (Wildman–Crippen MR) is 146 cm³/mol. The molecular formula is C32H29NO4. The summed E-state index contributed by atoms with van der Waals surface area (Å²) in [6.45, 7) is 2.04. The minimum absolute atomic E-state index is 0.110. The topological polar surface area (TPSA) is 64.6 Å². The zero-order chi connectivity index (χ0) is 26.0. The number of nitrogens with one attached hydrogen (secondary N) is 1. The number of benzene rings is 4. The summed E-state index contributed by atoms with van der Waals surface area (Å²) in [6.07, 6.45) is 3.75. The number of carbonyl (C=O) groups excluding carboxylic acids is 2. The lowest BCUT2D eigenvalue weighted by molar-refractivity contribution is -0.134. The minimum atomic E-state index is -0.464. The Morgan fingerprint density at radius 2 is 1.46 bits per heavy atom. The molecule has 5 heteroatoms. The quantitative estimate of drug-likeness (QED) is 0.198. The zero-order valence-corrected chi connectivity index (χ0v) is 20.9. The molecule has 4 aromatic rings. The Labute approximate surface area is 217 Å². The predicted octanol–water partition coefficient (Wildman–Crippen LogP) is 7.21. The first-order valence-electron chi connectivity index (χ1n) is 12.2. The number of hydrogen-bond donors (Lipinski definition) is 1. The summed E-state index contributed by atoms with van der Waals surface area (Å²) in [5.41, 5.74) is 4.02. The number of amides is 1. The highest BCUT2D eigenvalue weighted by molar-refractivity contribution is 5.97. The Kier molecular flexibility index (Phi) is 8.50. The lowest BCUT2D eigenvalue weighted by Gasteiger charge is -2.18. The van der Waals surface area contributed by atoms with Gasteiger partial charge in [-0.2, -0.15) is 0 Å². The van der Waals surface area contributed by atoms with Crippen molar-refractivity contribution in [3.05, 3.63) is 126 Å². The molecule has 0 unspecified atom stereocenters. The van der Waals surface area contributed by atoms with Crippen LogP contribution >= 0.6 is 0 Å². The molecule has 0 aliphatic heterocycles. The molecule has 1 N–H and O–H groups in total. The molecule has 0 saturated heterocycles. The largest absolute Gasteiger partial charge is 0.466 e. The molecular weight excluding hydrogens is 462 g/mol. The summed E-state index contributed by atoms with van der Waals surface area (Å²) in [5, 5.41) is 3.14. The number of para-hydroxylation sites is 1. The summed E-state index contributed by atoms with van der Waals surface area (Å²) in [7, 11) is 1.33. The highest BCUT2D eigenvalue weighted by Gasteiger charge is 2.15. The van der Waals surface area contributed by atoms with E-state index < -0.39 is 5.97 Å². The van der Waals surface area contributed by atoms with E-state index in [4.69, 9.17) is 9.47 Å². The molecule has 1 amide bonds. The van der Waals surface area contributed by atoms with Crippen molar-refractivity contribution in [3.63, 3.8) is 0 Å². The molecule has 4 aromatic carbocycles. The van der Waals surface area contributed by atoms with Gasteiger partial charge in [0.25, 0.3) is 5.91 Å². The maximum atomic E-state index is 13.3. The molecule has 0 saturated carbocycles. The standard InChI is InChI=1S/C32H29NO4/c1-3-30(25-10-6-4-7-11-25)33-32(35)27-21-23(14-19-31(34)36-2)20-26(22-27)24-15-17-29(18-16-24)37-28-12-8-5-9-13-28/h4-22,30H,3H2,1-2H3,(H,33,35)/b19-14+/t30-/m1/s1. The summed E-state index contributed by atoms with van der Waals surface area (Å²) < 4.78 is 10.6. The van der Waals surface area contributed by atoms with Crippen molar-refractivity contribution in [3.8, 4) is 22.6 Å². The van der Waals surface area contributed by atoms with E-state index >= 15 is 0 Å². The van der Waals surface area contributed by atoms with Crippen LogP contribution in [0.25, 0.3) is 17.2 Å². The molecule has 0 fully saturated rings. The SMILES string of the molecule is CC[C@@H](NC(=O)c1cc(/C=C/C(=O)OC)cc(-c2ccc(Oc3ccccc3)cc2)c1)c1ccccc1. The Balaban J connectivity index is 1.63. The first kappa shape index (κ1) is 25.5. The van der Waals surface area contributed by atoms with Crippen LogP contribution in [-0.2, 0) is 9.53 Å². The van der Waals surface area contributed by atoms with Gasteiger partial charge >= 0.3 is 5.97 Å². The third-order valence-corrected chi connectivity index (χ3v) is 5.91. The molecule has 4 rings (SSSR count). The molecule has 0 aliphatic rings. The van der Waals surface area contributed by atoms with Crippen LogP contribution in [0.2, 0.25) is 0 Å². The number of carbonyl (C=O) groups is 2. The lowest BCUT2D eigenvalue weighted by Crippen LogP contribution is -2.28. The summed E-state index contributed by atoms with van der Waals surface area (Å²) >= 11 is 0. The van der Waals surface area contributed by atoms with Crippen LogP contribution < -0.4 is 10.1 Å². The minimum Gasteiger partial charge on any atom is -0.466 e. The van der Waals surface area contributed by atoms with Gasteiger partial charge in [0.2, 0.25) is 0 Å². The number of rotatable bonds is 9. The van der Waals surface area contributed by atoms with E-state index in [9.17, 15) is 9.59 Å². The summed E-state index contributed by atoms with van der Waals surface area (Å²) in [4.78, 5) is 25.0. The second-order valence-corrected chi connectivity index (χ2v) is 8.48. The van der Waals surface area contributed by atoms with Crippen molar-refractivity contribution in [2.45, 2.75) is 19.4 Å². The fourth-order valence-corrected chi connectivity index (χ4v) is 3.97. The van der Waals surface area contributed by atoms with Crippen molar-refractivity contribution in [1.29, 1.82) is 0 Å². The Hall–Kier alpha value is -4.64. The first-order valence-corrected chi connectivity index (χ1v) is 12.2. The van der Waals surface area contributed by atoms with Crippen molar-refractivity contribution in [2.24, 2.45) is 0 Å². The van der Waals surface area contributed by atoms with E-state index in [2.05, 4.69) is 5.32 Å². The Morgan fingerprint density at radius 1 is 0.811 bits per heavy atom. The number of hydrogen-bond acceptors (Lipinski definition) is 4. The van der Waals surface area contributed by atoms with E-state index in [1.807, 2.05) is 104 Å². The first-order chi connectivity index (χ1) is 18.1. The molecule has 0 heterocycles. The van der Waals surface area contributed by atoms with Crippen molar-refractivity contribution in [2.75, 3.05) is 7.11 Å². The van der Waals surface area contributed by atoms with Gasteiger partial charge in [-0.25, -0.2) is 4.79 Å². The molecule has 37 heavy (non-hydrogen) atoms. The number of ether oxygens (including phenoxy) is 2. The zero-order valence-electron chi connectivity index (χ0n) is 20.9. The molecule has 0 radical (unpaired) electrons. The van der Waals surface area contributed by atoms with Crippen LogP contribution in [0.3, 0.4) is 0 Å². The lowest BCUT2D eigenvalue weighted by atomic mass is 9.98. The number of esters is 1. The van der Waals surface area contributed by atoms with E-state index in [0.717, 1.165) is 28.9 Å². The van der Waals surface area contributed by atoms with Gasteiger partial charge in [0.15, 0.2) is 0 Å². The summed E-state index contributed by atoms with van der Waals surface area (Å²) in [6, 6.07) is 32.6. The van der Waals surface area contributed by atoms with E-state index in [1.165, 1.54) is 13.2 Å². The molecule has 0 aromatic heterocycles. The summed E-state index contributed by atoms with van der Waals surface area (Å²) in [5.74, 6) is 0.819. The highest BCUT2D eigenvalue weighted by Crippen LogP contribution is 2.28. The highest BCUT2D eigenvalue weighted by atomic mass is 16.5. The smallest absolute Gasteiger partial charge is 0.330 e. The van der Waals surface area contributed by atoms with Crippen LogP contribution in [0.4, 0.5) is 0 Å². The second kappa shape index (κ2) is 12.4. The maximum absolute atomic E-state index is 13.3. The Bertz CT molecular complexity index is 1360. The second-order valence-electron chi connectivity index (χ2n) is 8.48. The van der Waals surface area contributed by atoms with E-state index in [0.29, 0.717) is 16.9 Å². The van der Waals surface area contributed by atoms with Gasteiger partial charge in [0.1, 0.15) is 11.5 Å². The number of methoxy groups -OCH3 is 1. The maximum Gasteiger partial charge on any atom is 0.330 e. The van der Waals surface area contributed by atoms with Gasteiger partial charge < -0.3 is 14.8 Å². The van der Waals surface area contributed by atoms with Gasteiger partial charge in [0, 0.05) is 11.6 Å². The fourth-order valence-electron chi connectivity index (χ4n) is 3.97. The fraction of sp³-hybridized carbons (Fsp3) is 0.125. The molecule has 0 aliphatic carbocycles. The molecule has 5 nitrogen and oxygen atoms in total. The normalized spacial score (nSPS) is 11.6. The van der Waals surface area contributed by atoms with Crippen molar-refractivity contribution < 1.29 is 19.1 Å². The average Bonchev–Trinajstić information content (AvgIpc) is 2.95. The van der Waals surface area contributed by atoms with Crippen LogP contribution in [0.5, 0.6) is 11.5 Å². The third kappa shape index (κ3) is 6.95. The van der Waals surface area contributed by atoms with Gasteiger partial charge in [-0.3, -0.25) is 4.79 Å². The van der Waals surface area contributed by atoms with Crippen LogP contribution in [0.15, 0.2) is 109 Å². The van der Waals surface area contributed by atoms with E-state index in [1.54, 1.807) is 12.1 Å². The molecule has 0 bridgehead atoms. The molecule has 186 valence electrons. The van der Waals surface area contributed by atoms with Gasteiger partial charge in [0.05, 0.1) is 13.2 Å². The van der Waals surface area contributed by atoms with Crippen molar-refractivity contribution >= 4 is 18.0 Å². The van der Waals surface area contributed by atoms with Crippen LogP contribution in [-0.4, -0.2) is 19.0 Å².